The Balaban J connectivity index is 1.52. The zero-order valence-corrected chi connectivity index (χ0v) is 23.2. The summed E-state index contributed by atoms with van der Waals surface area (Å²) in [6.45, 7) is 10.4. The summed E-state index contributed by atoms with van der Waals surface area (Å²) in [7, 11) is -1.18. The normalized spacial score (nSPS) is 20.6. The molecule has 1 amide bonds. The molecule has 9 nitrogen and oxygen atoms in total. The van der Waals surface area contributed by atoms with Crippen molar-refractivity contribution in [2.24, 2.45) is 0 Å². The quantitative estimate of drug-likeness (QED) is 0.332. The van der Waals surface area contributed by atoms with E-state index in [1.54, 1.807) is 11.1 Å². The summed E-state index contributed by atoms with van der Waals surface area (Å²) in [4.78, 5) is 21.0. The molecule has 1 N–H and O–H groups in total. The Labute approximate surface area is 219 Å². The summed E-state index contributed by atoms with van der Waals surface area (Å²) < 4.78 is 8.17. The molecular weight excluding hydrogens is 484 g/mol. The number of rotatable bonds is 7. The molecule has 1 atom stereocenters. The smallest absolute Gasteiger partial charge is 0.407 e. The van der Waals surface area contributed by atoms with Gasteiger partial charge in [-0.25, -0.2) is 9.78 Å². The van der Waals surface area contributed by atoms with Crippen LogP contribution in [-0.4, -0.2) is 75.7 Å². The number of hydrogen-bond donors (Lipinski definition) is 1. The predicted octanol–water partition coefficient (Wildman–Crippen LogP) is 5.31. The van der Waals surface area contributed by atoms with Crippen LogP contribution in [0.2, 0.25) is 25.7 Å². The van der Waals surface area contributed by atoms with Crippen LogP contribution in [0.25, 0.3) is 22.3 Å². The van der Waals surface area contributed by atoms with Crippen molar-refractivity contribution < 1.29 is 14.6 Å². The van der Waals surface area contributed by atoms with E-state index in [4.69, 9.17) is 9.72 Å². The number of fused-ring (bicyclic) bond motifs is 1. The van der Waals surface area contributed by atoms with E-state index in [1.165, 1.54) is 0 Å². The molecule has 5 heterocycles. The lowest BCUT2D eigenvalue weighted by atomic mass is 9.80. The molecule has 37 heavy (non-hydrogen) atoms. The van der Waals surface area contributed by atoms with Crippen molar-refractivity contribution >= 4 is 30.9 Å². The first-order valence-electron chi connectivity index (χ1n) is 13.4. The molecule has 1 unspecified atom stereocenters. The van der Waals surface area contributed by atoms with Gasteiger partial charge in [-0.3, -0.25) is 0 Å². The predicted molar refractivity (Wildman–Crippen MR) is 148 cm³/mol. The topological polar surface area (TPSA) is 96.6 Å². The minimum atomic E-state index is -1.18. The molecule has 10 heteroatoms. The Morgan fingerprint density at radius 2 is 1.97 bits per heavy atom. The van der Waals surface area contributed by atoms with Crippen LogP contribution in [0, 0.1) is 0 Å². The van der Waals surface area contributed by atoms with Gasteiger partial charge in [-0.05, 0) is 56.3 Å². The van der Waals surface area contributed by atoms with Crippen LogP contribution in [-0.2, 0) is 11.5 Å². The van der Waals surface area contributed by atoms with E-state index >= 15 is 0 Å². The van der Waals surface area contributed by atoms with Crippen LogP contribution < -0.4 is 4.90 Å². The number of carbonyl (C=O) groups is 1. The summed E-state index contributed by atoms with van der Waals surface area (Å²) in [5, 5.41) is 19.6. The zero-order chi connectivity index (χ0) is 26.0. The van der Waals surface area contributed by atoms with Gasteiger partial charge >= 0.3 is 6.09 Å². The number of piperidine rings is 2. The molecule has 2 fully saturated rings. The molecule has 0 bridgehead atoms. The molecule has 1 spiro atoms. The molecule has 0 saturated carbocycles. The van der Waals surface area contributed by atoms with E-state index in [-0.39, 0.29) is 5.54 Å². The van der Waals surface area contributed by atoms with Crippen molar-refractivity contribution in [3.8, 4) is 11.3 Å². The zero-order valence-electron chi connectivity index (χ0n) is 22.2. The Morgan fingerprint density at radius 3 is 2.73 bits per heavy atom. The van der Waals surface area contributed by atoms with E-state index in [0.29, 0.717) is 19.8 Å². The van der Waals surface area contributed by atoms with Crippen LogP contribution in [0.1, 0.15) is 32.1 Å². The van der Waals surface area contributed by atoms with E-state index in [1.807, 2.05) is 18.3 Å². The molecule has 2 saturated heterocycles. The summed E-state index contributed by atoms with van der Waals surface area (Å²) >= 11 is 0. The average molecular weight is 523 g/mol. The number of ether oxygens (including phenoxy) is 1. The van der Waals surface area contributed by atoms with E-state index < -0.39 is 14.2 Å². The van der Waals surface area contributed by atoms with Gasteiger partial charge in [0.1, 0.15) is 12.4 Å². The van der Waals surface area contributed by atoms with Gasteiger partial charge in [0.25, 0.3) is 0 Å². The standard InChI is InChI=1S/C27H38N6O3Si/c1-37(2,3)17-16-36-20-32-18-21(22-8-6-12-29-30-22)24-23(9-13-28-25(24)32)31-14-7-11-27(19-31)10-4-5-15-33(27)26(34)35/h6,8-9,12-13,18H,4-5,7,10-11,14-17,19-20H2,1-3H3,(H,34,35). The monoisotopic (exact) mass is 522 g/mol. The highest BCUT2D eigenvalue weighted by atomic mass is 28.3. The fraction of sp³-hybridized carbons (Fsp3) is 0.556. The van der Waals surface area contributed by atoms with Gasteiger partial charge in [0.15, 0.2) is 0 Å². The van der Waals surface area contributed by atoms with Gasteiger partial charge < -0.3 is 24.2 Å². The Hall–Kier alpha value is -2.98. The van der Waals surface area contributed by atoms with Crippen LogP contribution >= 0.6 is 0 Å². The van der Waals surface area contributed by atoms with E-state index in [9.17, 15) is 9.90 Å². The van der Waals surface area contributed by atoms with Gasteiger partial charge in [-0.15, -0.1) is 0 Å². The minimum Gasteiger partial charge on any atom is -0.465 e. The number of hydrogen-bond acceptors (Lipinski definition) is 6. The lowest BCUT2D eigenvalue weighted by Gasteiger charge is -2.51. The number of carboxylic acid groups (broad SMARTS) is 1. The highest BCUT2D eigenvalue weighted by molar-refractivity contribution is 6.76. The van der Waals surface area contributed by atoms with Crippen LogP contribution in [0.15, 0.2) is 36.8 Å². The van der Waals surface area contributed by atoms with Crippen LogP contribution in [0.4, 0.5) is 10.5 Å². The van der Waals surface area contributed by atoms with E-state index in [0.717, 1.165) is 79.3 Å². The summed E-state index contributed by atoms with van der Waals surface area (Å²) in [6, 6.07) is 7.04. The van der Waals surface area contributed by atoms with Crippen molar-refractivity contribution in [3.05, 3.63) is 36.8 Å². The van der Waals surface area contributed by atoms with Crippen molar-refractivity contribution in [1.29, 1.82) is 0 Å². The third-order valence-electron chi connectivity index (χ3n) is 7.78. The molecule has 2 aliphatic rings. The van der Waals surface area contributed by atoms with Crippen LogP contribution in [0.5, 0.6) is 0 Å². The van der Waals surface area contributed by atoms with Gasteiger partial charge in [0.05, 0.1) is 22.3 Å². The third kappa shape index (κ3) is 5.36. The number of pyridine rings is 1. The average Bonchev–Trinajstić information content (AvgIpc) is 3.25. The first kappa shape index (κ1) is 25.7. The highest BCUT2D eigenvalue weighted by Crippen LogP contribution is 2.41. The van der Waals surface area contributed by atoms with Crippen molar-refractivity contribution in [1.82, 2.24) is 24.6 Å². The SMILES string of the molecule is C[Si](C)(C)CCOCn1cc(-c2cccnn2)c2c(N3CCCC4(CCCCN4C(=O)O)C3)ccnc21. The molecular formula is C27H38N6O3Si. The summed E-state index contributed by atoms with van der Waals surface area (Å²) in [5.74, 6) is 0. The first-order chi connectivity index (χ1) is 17.8. The molecule has 3 aromatic rings. The van der Waals surface area contributed by atoms with E-state index in [2.05, 4.69) is 51.6 Å². The van der Waals surface area contributed by atoms with Crippen LogP contribution in [0.3, 0.4) is 0 Å². The van der Waals surface area contributed by atoms with Crippen molar-refractivity contribution in [2.75, 3.05) is 31.1 Å². The number of nitrogens with zero attached hydrogens (tertiary/aromatic N) is 6. The maximum Gasteiger partial charge on any atom is 0.407 e. The molecule has 198 valence electrons. The molecule has 0 radical (unpaired) electrons. The highest BCUT2D eigenvalue weighted by Gasteiger charge is 2.45. The first-order valence-corrected chi connectivity index (χ1v) is 17.1. The van der Waals surface area contributed by atoms with Gasteiger partial charge in [-0.1, -0.05) is 19.6 Å². The molecule has 2 aliphatic heterocycles. The number of anilines is 1. The second-order valence-electron chi connectivity index (χ2n) is 11.6. The third-order valence-corrected chi connectivity index (χ3v) is 9.49. The second-order valence-corrected chi connectivity index (χ2v) is 17.3. The number of aromatic nitrogens is 4. The summed E-state index contributed by atoms with van der Waals surface area (Å²) in [5.41, 5.74) is 3.34. The minimum absolute atomic E-state index is 0.340. The number of amides is 1. The largest absolute Gasteiger partial charge is 0.465 e. The lowest BCUT2D eigenvalue weighted by Crippen LogP contribution is -2.62. The van der Waals surface area contributed by atoms with Crippen molar-refractivity contribution in [3.63, 3.8) is 0 Å². The van der Waals surface area contributed by atoms with Gasteiger partial charge in [0.2, 0.25) is 0 Å². The summed E-state index contributed by atoms with van der Waals surface area (Å²) in [6.07, 6.45) is 9.58. The van der Waals surface area contributed by atoms with Gasteiger partial charge in [-0.2, -0.15) is 10.2 Å². The molecule has 0 aromatic carbocycles. The maximum absolute atomic E-state index is 12.2. The maximum atomic E-state index is 12.2. The molecule has 0 aliphatic carbocycles. The Morgan fingerprint density at radius 1 is 1.14 bits per heavy atom. The van der Waals surface area contributed by atoms with Gasteiger partial charge in [0, 0.05) is 58.5 Å². The van der Waals surface area contributed by atoms with Crippen molar-refractivity contribution in [2.45, 2.75) is 70.1 Å². The molecule has 3 aromatic heterocycles. The molecule has 5 rings (SSSR count). The second kappa shape index (κ2) is 10.4. The number of likely N-dealkylation sites (tertiary alicyclic amines) is 1. The Bertz CT molecular complexity index is 1240. The lowest BCUT2D eigenvalue weighted by molar-refractivity contribution is 0.0373. The fourth-order valence-electron chi connectivity index (χ4n) is 5.88. The Kier molecular flexibility index (Phi) is 7.22. The fourth-order valence-corrected chi connectivity index (χ4v) is 6.63.